The van der Waals surface area contributed by atoms with Gasteiger partial charge in [0.15, 0.2) is 0 Å². The highest BCUT2D eigenvalue weighted by atomic mass is 16.5. The zero-order valence-corrected chi connectivity index (χ0v) is 21.6. The van der Waals surface area contributed by atoms with E-state index in [1.54, 1.807) is 14.2 Å². The van der Waals surface area contributed by atoms with Gasteiger partial charge in [-0.25, -0.2) is 0 Å². The Morgan fingerprint density at radius 2 is 0.684 bits per heavy atom. The van der Waals surface area contributed by atoms with Crippen molar-refractivity contribution in [3.63, 3.8) is 0 Å². The van der Waals surface area contributed by atoms with E-state index in [-0.39, 0.29) is 0 Å². The van der Waals surface area contributed by atoms with Gasteiger partial charge in [0.05, 0.1) is 37.0 Å². The molecule has 8 heteroatoms. The second-order valence-electron chi connectivity index (χ2n) is 8.80. The van der Waals surface area contributed by atoms with Gasteiger partial charge in [0.25, 0.3) is 0 Å². The molecule has 5 rings (SSSR count). The standard InChI is InChI=1S/C30H30N6O2/c1-37-29-15-7-25(8-16-29)33-31-23-3-11-27(12-4-23)35-19-21-36(22-20-35)28-13-5-24(6-14-28)32-34-26-9-17-30(38-2)18-10-26/h3-18H,19-22H2,1-2H3. The number of piperazine rings is 1. The van der Waals surface area contributed by atoms with Crippen LogP contribution in [-0.2, 0) is 0 Å². The van der Waals surface area contributed by atoms with Crippen LogP contribution in [0.1, 0.15) is 0 Å². The average Bonchev–Trinajstić information content (AvgIpc) is 3.00. The molecule has 0 N–H and O–H groups in total. The Bertz CT molecular complexity index is 1250. The second kappa shape index (κ2) is 12.0. The van der Waals surface area contributed by atoms with Crippen LogP contribution in [0, 0.1) is 0 Å². The number of ether oxygens (including phenoxy) is 2. The van der Waals surface area contributed by atoms with Gasteiger partial charge in [0.1, 0.15) is 11.5 Å². The fraction of sp³-hybridized carbons (Fsp3) is 0.200. The molecule has 0 radical (unpaired) electrons. The first-order valence-corrected chi connectivity index (χ1v) is 12.5. The van der Waals surface area contributed by atoms with Crippen molar-refractivity contribution >= 4 is 34.1 Å². The van der Waals surface area contributed by atoms with Crippen LogP contribution in [-0.4, -0.2) is 40.4 Å². The fourth-order valence-corrected chi connectivity index (χ4v) is 4.21. The number of hydrogen-bond donors (Lipinski definition) is 0. The molecule has 0 saturated carbocycles. The number of benzene rings is 4. The molecular formula is C30H30N6O2. The average molecular weight is 507 g/mol. The minimum absolute atomic E-state index is 0.791. The second-order valence-corrected chi connectivity index (χ2v) is 8.80. The summed E-state index contributed by atoms with van der Waals surface area (Å²) in [4.78, 5) is 4.80. The van der Waals surface area contributed by atoms with E-state index in [1.165, 1.54) is 11.4 Å². The van der Waals surface area contributed by atoms with Gasteiger partial charge in [0.2, 0.25) is 0 Å². The number of azo groups is 2. The molecular weight excluding hydrogens is 476 g/mol. The Morgan fingerprint density at radius 1 is 0.421 bits per heavy atom. The Balaban J connectivity index is 1.12. The Hall–Kier alpha value is -4.72. The maximum atomic E-state index is 5.18. The first-order chi connectivity index (χ1) is 18.7. The van der Waals surface area contributed by atoms with Crippen LogP contribution in [0.15, 0.2) is 118 Å². The summed E-state index contributed by atoms with van der Waals surface area (Å²) >= 11 is 0. The predicted molar refractivity (Wildman–Crippen MR) is 152 cm³/mol. The van der Waals surface area contributed by atoms with Gasteiger partial charge in [0, 0.05) is 37.6 Å². The van der Waals surface area contributed by atoms with Crippen LogP contribution in [0.25, 0.3) is 0 Å². The first kappa shape index (κ1) is 25.0. The Kier molecular flexibility index (Phi) is 7.89. The number of rotatable bonds is 8. The largest absolute Gasteiger partial charge is 0.497 e. The minimum Gasteiger partial charge on any atom is -0.497 e. The van der Waals surface area contributed by atoms with Crippen LogP contribution in [0.4, 0.5) is 34.1 Å². The number of anilines is 2. The van der Waals surface area contributed by atoms with Gasteiger partial charge in [-0.2, -0.15) is 20.5 Å². The summed E-state index contributed by atoms with van der Waals surface area (Å²) in [5.74, 6) is 1.61. The lowest BCUT2D eigenvalue weighted by Crippen LogP contribution is -2.46. The molecule has 0 amide bonds. The van der Waals surface area contributed by atoms with Crippen molar-refractivity contribution in [1.29, 1.82) is 0 Å². The lowest BCUT2D eigenvalue weighted by Gasteiger charge is -2.37. The number of hydrogen-bond acceptors (Lipinski definition) is 8. The van der Waals surface area contributed by atoms with E-state index in [9.17, 15) is 0 Å². The molecule has 4 aromatic rings. The van der Waals surface area contributed by atoms with Gasteiger partial charge in [-0.1, -0.05) is 0 Å². The van der Waals surface area contributed by atoms with E-state index < -0.39 is 0 Å². The summed E-state index contributed by atoms with van der Waals surface area (Å²) in [5.41, 5.74) is 5.63. The van der Waals surface area contributed by atoms with E-state index in [0.29, 0.717) is 0 Å². The quantitative estimate of drug-likeness (QED) is 0.228. The number of nitrogens with zero attached hydrogens (tertiary/aromatic N) is 6. The lowest BCUT2D eigenvalue weighted by molar-refractivity contribution is 0.414. The third kappa shape index (κ3) is 6.34. The van der Waals surface area contributed by atoms with Crippen molar-refractivity contribution < 1.29 is 9.47 Å². The van der Waals surface area contributed by atoms with Crippen molar-refractivity contribution in [3.8, 4) is 11.5 Å². The van der Waals surface area contributed by atoms with Crippen molar-refractivity contribution in [3.05, 3.63) is 97.1 Å². The molecule has 0 atom stereocenters. The van der Waals surface area contributed by atoms with Gasteiger partial charge < -0.3 is 19.3 Å². The molecule has 1 heterocycles. The molecule has 8 nitrogen and oxygen atoms in total. The highest BCUT2D eigenvalue weighted by Gasteiger charge is 2.17. The molecule has 0 aliphatic carbocycles. The summed E-state index contributed by atoms with van der Waals surface area (Å²) in [5, 5.41) is 17.3. The van der Waals surface area contributed by atoms with Crippen molar-refractivity contribution in [1.82, 2.24) is 0 Å². The van der Waals surface area contributed by atoms with E-state index in [2.05, 4.69) is 54.5 Å². The Morgan fingerprint density at radius 3 is 0.947 bits per heavy atom. The third-order valence-electron chi connectivity index (χ3n) is 6.42. The maximum absolute atomic E-state index is 5.18. The van der Waals surface area contributed by atoms with E-state index in [4.69, 9.17) is 9.47 Å². The zero-order chi connectivity index (χ0) is 26.2. The van der Waals surface area contributed by atoms with Crippen LogP contribution in [0.3, 0.4) is 0 Å². The molecule has 4 aromatic carbocycles. The topological polar surface area (TPSA) is 74.4 Å². The molecule has 0 bridgehead atoms. The molecule has 0 unspecified atom stereocenters. The normalized spacial score (nSPS) is 13.8. The highest BCUT2D eigenvalue weighted by molar-refractivity contribution is 5.57. The molecule has 1 aliphatic rings. The van der Waals surface area contributed by atoms with E-state index >= 15 is 0 Å². The van der Waals surface area contributed by atoms with Gasteiger partial charge >= 0.3 is 0 Å². The monoisotopic (exact) mass is 506 g/mol. The summed E-state index contributed by atoms with van der Waals surface area (Å²) in [6.07, 6.45) is 0. The fourth-order valence-electron chi connectivity index (χ4n) is 4.21. The summed E-state index contributed by atoms with van der Waals surface area (Å²) in [6.45, 7) is 3.80. The zero-order valence-electron chi connectivity index (χ0n) is 21.6. The van der Waals surface area contributed by atoms with E-state index in [0.717, 1.165) is 60.4 Å². The smallest absolute Gasteiger partial charge is 0.119 e. The van der Waals surface area contributed by atoms with Gasteiger partial charge in [-0.3, -0.25) is 0 Å². The summed E-state index contributed by atoms with van der Waals surface area (Å²) in [6, 6.07) is 31.5. The molecule has 1 fully saturated rings. The highest BCUT2D eigenvalue weighted by Crippen LogP contribution is 2.27. The molecule has 1 saturated heterocycles. The van der Waals surface area contributed by atoms with Crippen LogP contribution >= 0.6 is 0 Å². The molecule has 38 heavy (non-hydrogen) atoms. The van der Waals surface area contributed by atoms with Gasteiger partial charge in [-0.15, -0.1) is 0 Å². The maximum Gasteiger partial charge on any atom is 0.119 e. The van der Waals surface area contributed by atoms with Crippen molar-refractivity contribution in [2.24, 2.45) is 20.5 Å². The van der Waals surface area contributed by atoms with Crippen LogP contribution in [0.2, 0.25) is 0 Å². The van der Waals surface area contributed by atoms with Crippen molar-refractivity contribution in [2.75, 3.05) is 50.2 Å². The number of methoxy groups -OCH3 is 2. The molecule has 1 aliphatic heterocycles. The van der Waals surface area contributed by atoms with Gasteiger partial charge in [-0.05, 0) is 97.1 Å². The summed E-state index contributed by atoms with van der Waals surface area (Å²) < 4.78 is 10.4. The summed E-state index contributed by atoms with van der Waals surface area (Å²) in [7, 11) is 3.30. The molecule has 0 spiro atoms. The third-order valence-corrected chi connectivity index (χ3v) is 6.42. The SMILES string of the molecule is COc1ccc(N=Nc2ccc(N3CCN(c4ccc(N=Nc5ccc(OC)cc5)cc4)CC3)cc2)cc1. The van der Waals surface area contributed by atoms with Crippen molar-refractivity contribution in [2.45, 2.75) is 0 Å². The van der Waals surface area contributed by atoms with Crippen LogP contribution < -0.4 is 19.3 Å². The Labute approximate surface area is 222 Å². The van der Waals surface area contributed by atoms with Crippen LogP contribution in [0.5, 0.6) is 11.5 Å². The minimum atomic E-state index is 0.791. The molecule has 0 aromatic heterocycles. The molecule has 192 valence electrons. The van der Waals surface area contributed by atoms with E-state index in [1.807, 2.05) is 72.8 Å². The first-order valence-electron chi connectivity index (χ1n) is 12.5. The lowest BCUT2D eigenvalue weighted by atomic mass is 10.2. The predicted octanol–water partition coefficient (Wildman–Crippen LogP) is 7.86.